The van der Waals surface area contributed by atoms with E-state index >= 15 is 0 Å². The van der Waals surface area contributed by atoms with Crippen LogP contribution in [0.3, 0.4) is 0 Å². The molecule has 28 heavy (non-hydrogen) atoms. The molecule has 9 heteroatoms. The van der Waals surface area contributed by atoms with Crippen LogP contribution in [0.25, 0.3) is 0 Å². The molecule has 0 fully saturated rings. The average molecular weight is 418 g/mol. The molecule has 0 spiro atoms. The van der Waals surface area contributed by atoms with Crippen molar-refractivity contribution in [3.63, 3.8) is 0 Å². The van der Waals surface area contributed by atoms with Crippen molar-refractivity contribution in [2.24, 2.45) is 0 Å². The maximum atomic E-state index is 12.5. The summed E-state index contributed by atoms with van der Waals surface area (Å²) in [4.78, 5) is 12.0. The van der Waals surface area contributed by atoms with Crippen LogP contribution in [0.4, 0.5) is 5.13 Å². The fourth-order valence-corrected chi connectivity index (χ4v) is 4.70. The van der Waals surface area contributed by atoms with Gasteiger partial charge in [0.05, 0.1) is 5.75 Å². The van der Waals surface area contributed by atoms with Crippen LogP contribution in [0.15, 0.2) is 52.9 Å². The van der Waals surface area contributed by atoms with Crippen molar-refractivity contribution < 1.29 is 17.9 Å². The first-order valence-electron chi connectivity index (χ1n) is 8.43. The van der Waals surface area contributed by atoms with Gasteiger partial charge in [-0.3, -0.25) is 10.1 Å². The number of aromatic nitrogens is 2. The predicted molar refractivity (Wildman–Crippen MR) is 107 cm³/mol. The van der Waals surface area contributed by atoms with Gasteiger partial charge in [0.2, 0.25) is 19.3 Å². The van der Waals surface area contributed by atoms with Gasteiger partial charge in [-0.05, 0) is 31.0 Å². The summed E-state index contributed by atoms with van der Waals surface area (Å²) in [6.07, 6.45) is 0. The molecule has 0 unspecified atom stereocenters. The molecule has 1 aromatic heterocycles. The lowest BCUT2D eigenvalue weighted by Crippen LogP contribution is -2.20. The van der Waals surface area contributed by atoms with Gasteiger partial charge in [0, 0.05) is 0 Å². The zero-order chi connectivity index (χ0) is 20.1. The second-order valence-corrected chi connectivity index (χ2v) is 9.36. The number of sulfone groups is 1. The van der Waals surface area contributed by atoms with E-state index in [1.807, 2.05) is 44.2 Å². The summed E-state index contributed by atoms with van der Waals surface area (Å²) in [6, 6.07) is 14.6. The summed E-state index contributed by atoms with van der Waals surface area (Å²) >= 11 is 0.818. The van der Waals surface area contributed by atoms with E-state index in [2.05, 4.69) is 15.5 Å². The maximum absolute atomic E-state index is 12.5. The van der Waals surface area contributed by atoms with Crippen molar-refractivity contribution in [2.75, 3.05) is 11.9 Å². The molecule has 0 radical (unpaired) electrons. The molecule has 0 aliphatic carbocycles. The number of benzene rings is 2. The quantitative estimate of drug-likeness (QED) is 0.593. The lowest BCUT2D eigenvalue weighted by molar-refractivity contribution is -0.118. The van der Waals surface area contributed by atoms with Gasteiger partial charge >= 0.3 is 0 Å². The van der Waals surface area contributed by atoms with Crippen molar-refractivity contribution >= 4 is 32.2 Å². The van der Waals surface area contributed by atoms with Crippen LogP contribution < -0.4 is 10.1 Å². The van der Waals surface area contributed by atoms with Gasteiger partial charge in [0.15, 0.2) is 6.61 Å². The number of nitrogens with one attached hydrogen (secondary N) is 1. The Balaban J connectivity index is 1.60. The van der Waals surface area contributed by atoms with Crippen LogP contribution in [0.2, 0.25) is 0 Å². The fraction of sp³-hybridized carbons (Fsp3) is 0.211. The van der Waals surface area contributed by atoms with E-state index in [1.165, 1.54) is 0 Å². The number of nitrogens with zero attached hydrogens (tertiary/aromatic N) is 2. The fourth-order valence-electron chi connectivity index (χ4n) is 2.37. The molecule has 146 valence electrons. The molecule has 0 aliphatic rings. The predicted octanol–water partition coefficient (Wildman–Crippen LogP) is 3.15. The SMILES string of the molecule is Cc1ccc(CS(=O)(=O)c2nnc(NC(=O)COc3ccccc3C)s2)cc1. The largest absolute Gasteiger partial charge is 0.483 e. The zero-order valence-electron chi connectivity index (χ0n) is 15.4. The average Bonchev–Trinajstić information content (AvgIpc) is 3.12. The van der Waals surface area contributed by atoms with Gasteiger partial charge < -0.3 is 4.74 Å². The molecule has 1 heterocycles. The molecule has 2 aromatic carbocycles. The van der Waals surface area contributed by atoms with Gasteiger partial charge in [-0.2, -0.15) is 0 Å². The van der Waals surface area contributed by atoms with Gasteiger partial charge in [0.25, 0.3) is 5.91 Å². The highest BCUT2D eigenvalue weighted by Crippen LogP contribution is 2.24. The first-order valence-corrected chi connectivity index (χ1v) is 10.9. The zero-order valence-corrected chi connectivity index (χ0v) is 17.0. The molecule has 3 aromatic rings. The van der Waals surface area contributed by atoms with E-state index in [1.54, 1.807) is 18.2 Å². The highest BCUT2D eigenvalue weighted by Gasteiger charge is 2.21. The number of hydrogen-bond donors (Lipinski definition) is 1. The van der Waals surface area contributed by atoms with Crippen LogP contribution in [0, 0.1) is 13.8 Å². The highest BCUT2D eigenvalue weighted by atomic mass is 32.2. The molecule has 0 aliphatic heterocycles. The second kappa shape index (κ2) is 8.49. The lowest BCUT2D eigenvalue weighted by Gasteiger charge is -2.07. The lowest BCUT2D eigenvalue weighted by atomic mass is 10.2. The molecule has 0 saturated carbocycles. The van der Waals surface area contributed by atoms with E-state index in [0.717, 1.165) is 22.5 Å². The third-order valence-electron chi connectivity index (χ3n) is 3.85. The number of carbonyl (C=O) groups excluding carboxylic acids is 1. The minimum absolute atomic E-state index is 0.112. The Labute approximate surface area is 167 Å². The normalized spacial score (nSPS) is 11.2. The number of anilines is 1. The summed E-state index contributed by atoms with van der Waals surface area (Å²) in [5.41, 5.74) is 2.63. The summed E-state index contributed by atoms with van der Waals surface area (Å²) in [5, 5.41) is 10.1. The third-order valence-corrected chi connectivity index (χ3v) is 6.82. The highest BCUT2D eigenvalue weighted by molar-refractivity contribution is 7.92. The summed E-state index contributed by atoms with van der Waals surface area (Å²) in [6.45, 7) is 3.60. The second-order valence-electron chi connectivity index (χ2n) is 6.22. The van der Waals surface area contributed by atoms with E-state index in [9.17, 15) is 13.2 Å². The number of amides is 1. The first-order chi connectivity index (χ1) is 13.3. The number of rotatable bonds is 7. The molecule has 7 nitrogen and oxygen atoms in total. The first kappa shape index (κ1) is 20.0. The van der Waals surface area contributed by atoms with E-state index in [-0.39, 0.29) is 21.8 Å². The number of aryl methyl sites for hydroxylation is 2. The van der Waals surface area contributed by atoms with Crippen LogP contribution in [-0.2, 0) is 20.4 Å². The van der Waals surface area contributed by atoms with E-state index in [0.29, 0.717) is 11.3 Å². The molecule has 1 amide bonds. The van der Waals surface area contributed by atoms with Gasteiger partial charge in [-0.15, -0.1) is 10.2 Å². The third kappa shape index (κ3) is 5.14. The van der Waals surface area contributed by atoms with Crippen LogP contribution in [0.1, 0.15) is 16.7 Å². The van der Waals surface area contributed by atoms with Crippen LogP contribution in [0.5, 0.6) is 5.75 Å². The van der Waals surface area contributed by atoms with Crippen molar-refractivity contribution in [1.82, 2.24) is 10.2 Å². The molecule has 1 N–H and O–H groups in total. The van der Waals surface area contributed by atoms with Crippen molar-refractivity contribution in [1.29, 1.82) is 0 Å². The Kier molecular flexibility index (Phi) is 6.05. The summed E-state index contributed by atoms with van der Waals surface area (Å²) < 4.78 is 30.3. The minimum atomic E-state index is -3.64. The molecule has 0 bridgehead atoms. The Bertz CT molecular complexity index is 1080. The van der Waals surface area contributed by atoms with Crippen molar-refractivity contribution in [3.05, 3.63) is 65.2 Å². The Morgan fingerprint density at radius 3 is 2.50 bits per heavy atom. The summed E-state index contributed by atoms with van der Waals surface area (Å²) in [5.74, 6) is -0.00938. The Morgan fingerprint density at radius 1 is 1.07 bits per heavy atom. The van der Waals surface area contributed by atoms with Gasteiger partial charge in [-0.25, -0.2) is 8.42 Å². The van der Waals surface area contributed by atoms with Gasteiger partial charge in [0.1, 0.15) is 5.75 Å². The van der Waals surface area contributed by atoms with E-state index < -0.39 is 15.7 Å². The van der Waals surface area contributed by atoms with Crippen molar-refractivity contribution in [2.45, 2.75) is 23.9 Å². The van der Waals surface area contributed by atoms with Gasteiger partial charge in [-0.1, -0.05) is 59.4 Å². The Morgan fingerprint density at radius 2 is 1.79 bits per heavy atom. The number of para-hydroxylation sites is 1. The van der Waals surface area contributed by atoms with Crippen molar-refractivity contribution in [3.8, 4) is 5.75 Å². The smallest absolute Gasteiger partial charge is 0.264 e. The monoisotopic (exact) mass is 417 g/mol. The maximum Gasteiger partial charge on any atom is 0.264 e. The Hall–Kier alpha value is -2.78. The van der Waals surface area contributed by atoms with Crippen LogP contribution >= 0.6 is 11.3 Å². The molecule has 3 rings (SSSR count). The number of carbonyl (C=O) groups is 1. The topological polar surface area (TPSA) is 98.3 Å². The molecular formula is C19H19N3O4S2. The van der Waals surface area contributed by atoms with E-state index in [4.69, 9.17) is 4.74 Å². The number of ether oxygens (including phenoxy) is 1. The molecular weight excluding hydrogens is 398 g/mol. The number of hydrogen-bond acceptors (Lipinski definition) is 7. The van der Waals surface area contributed by atoms with Crippen LogP contribution in [-0.4, -0.2) is 31.1 Å². The molecule has 0 saturated heterocycles. The molecule has 0 atom stereocenters. The standard InChI is InChI=1S/C19H19N3O4S2/c1-13-7-9-15(10-8-13)12-28(24,25)19-22-21-18(27-19)20-17(23)11-26-16-6-4-3-5-14(16)2/h3-10H,11-12H2,1-2H3,(H,20,21,23). The minimum Gasteiger partial charge on any atom is -0.483 e. The summed E-state index contributed by atoms with van der Waals surface area (Å²) in [7, 11) is -3.64.